The van der Waals surface area contributed by atoms with E-state index in [0.29, 0.717) is 5.69 Å². The predicted octanol–water partition coefficient (Wildman–Crippen LogP) is 2.57. The minimum Gasteiger partial charge on any atom is -0.303 e. The predicted molar refractivity (Wildman–Crippen MR) is 105 cm³/mol. The fourth-order valence-corrected chi connectivity index (χ4v) is 3.99. The van der Waals surface area contributed by atoms with Gasteiger partial charge in [-0.15, -0.1) is 0 Å². The first-order chi connectivity index (χ1) is 13.2. The second kappa shape index (κ2) is 8.03. The average molecular weight is 363 g/mol. The molecule has 1 N–H and O–H groups in total. The molecule has 2 heterocycles. The quantitative estimate of drug-likeness (QED) is 0.830. The third-order valence-corrected chi connectivity index (χ3v) is 5.43. The molecule has 27 heavy (non-hydrogen) atoms. The van der Waals surface area contributed by atoms with Gasteiger partial charge >= 0.3 is 0 Å². The Balaban J connectivity index is 1.30. The lowest BCUT2D eigenvalue weighted by molar-refractivity contribution is -0.121. The minimum absolute atomic E-state index is 0.120. The number of nitrogens with one attached hydrogen (secondary N) is 1. The Morgan fingerprint density at radius 2 is 1.52 bits per heavy atom. The Morgan fingerprint density at radius 1 is 0.889 bits per heavy atom. The minimum atomic E-state index is -0.400. The van der Waals surface area contributed by atoms with Crippen molar-refractivity contribution in [3.8, 4) is 0 Å². The summed E-state index contributed by atoms with van der Waals surface area (Å²) in [4.78, 5) is 28.8. The summed E-state index contributed by atoms with van der Waals surface area (Å²) in [6.07, 6.45) is 2.24. The molecule has 2 saturated heterocycles. The molecular formula is C22H25N3O2. The number of likely N-dealkylation sites (tertiary alicyclic amines) is 1. The van der Waals surface area contributed by atoms with Crippen molar-refractivity contribution in [3.05, 3.63) is 66.2 Å². The summed E-state index contributed by atoms with van der Waals surface area (Å²) < 4.78 is 0. The molecule has 0 bridgehead atoms. The number of amides is 2. The number of rotatable bonds is 5. The smallest absolute Gasteiger partial charge is 0.251 e. The number of hydrogen-bond donors (Lipinski definition) is 1. The molecule has 2 aliphatic rings. The second-order valence-electron chi connectivity index (χ2n) is 7.36. The standard InChI is InChI=1S/C22H25N3O2/c26-21-15-20(22(27)25(21)19-9-5-2-6-10-19)23-18-11-13-24(14-12-18)16-17-7-3-1-4-8-17/h1-10,18,20,23H,11-16H2/t20-/m0/s1. The van der Waals surface area contributed by atoms with Crippen molar-refractivity contribution in [1.82, 2.24) is 10.2 Å². The summed E-state index contributed by atoms with van der Waals surface area (Å²) in [6.45, 7) is 2.98. The Kier molecular flexibility index (Phi) is 5.32. The highest BCUT2D eigenvalue weighted by molar-refractivity contribution is 6.22. The van der Waals surface area contributed by atoms with Gasteiger partial charge in [0.15, 0.2) is 0 Å². The van der Waals surface area contributed by atoms with Crippen molar-refractivity contribution in [1.29, 1.82) is 0 Å². The highest BCUT2D eigenvalue weighted by Gasteiger charge is 2.40. The Hall–Kier alpha value is -2.50. The lowest BCUT2D eigenvalue weighted by Gasteiger charge is -2.33. The van der Waals surface area contributed by atoms with E-state index in [1.165, 1.54) is 10.5 Å². The van der Waals surface area contributed by atoms with Crippen LogP contribution in [0.1, 0.15) is 24.8 Å². The van der Waals surface area contributed by atoms with Crippen LogP contribution >= 0.6 is 0 Å². The molecule has 140 valence electrons. The molecule has 2 fully saturated rings. The van der Waals surface area contributed by atoms with Crippen molar-refractivity contribution in [2.45, 2.75) is 37.9 Å². The van der Waals surface area contributed by atoms with Gasteiger partial charge in [0.25, 0.3) is 5.91 Å². The molecule has 2 amide bonds. The molecule has 0 radical (unpaired) electrons. The summed E-state index contributed by atoms with van der Waals surface area (Å²) in [5.74, 6) is -0.247. The van der Waals surface area contributed by atoms with Gasteiger partial charge in [0.1, 0.15) is 0 Å². The van der Waals surface area contributed by atoms with E-state index in [-0.39, 0.29) is 24.3 Å². The number of carbonyl (C=O) groups excluding carboxylic acids is 2. The van der Waals surface area contributed by atoms with Crippen LogP contribution in [-0.2, 0) is 16.1 Å². The first-order valence-corrected chi connectivity index (χ1v) is 9.65. The highest BCUT2D eigenvalue weighted by atomic mass is 16.2. The zero-order chi connectivity index (χ0) is 18.6. The van der Waals surface area contributed by atoms with Crippen LogP contribution in [0.15, 0.2) is 60.7 Å². The van der Waals surface area contributed by atoms with Crippen molar-refractivity contribution in [2.24, 2.45) is 0 Å². The molecule has 0 unspecified atom stereocenters. The molecular weight excluding hydrogens is 338 g/mol. The summed E-state index contributed by atoms with van der Waals surface area (Å²) in [5, 5.41) is 3.44. The molecule has 1 atom stereocenters. The third kappa shape index (κ3) is 4.10. The third-order valence-electron chi connectivity index (χ3n) is 5.43. The van der Waals surface area contributed by atoms with Gasteiger partial charge in [-0.3, -0.25) is 14.5 Å². The lowest BCUT2D eigenvalue weighted by atomic mass is 10.0. The fourth-order valence-electron chi connectivity index (χ4n) is 3.99. The van der Waals surface area contributed by atoms with Gasteiger partial charge in [-0.2, -0.15) is 0 Å². The molecule has 4 rings (SSSR count). The van der Waals surface area contributed by atoms with E-state index in [2.05, 4.69) is 34.5 Å². The zero-order valence-electron chi connectivity index (χ0n) is 15.4. The first kappa shape index (κ1) is 17.9. The summed E-state index contributed by atoms with van der Waals surface area (Å²) in [6, 6.07) is 19.6. The van der Waals surface area contributed by atoms with Crippen molar-refractivity contribution >= 4 is 17.5 Å². The van der Waals surface area contributed by atoms with E-state index < -0.39 is 6.04 Å². The second-order valence-corrected chi connectivity index (χ2v) is 7.36. The van der Waals surface area contributed by atoms with Crippen LogP contribution in [0, 0.1) is 0 Å². The summed E-state index contributed by atoms with van der Waals surface area (Å²) in [5.41, 5.74) is 1.99. The number of piperidine rings is 1. The number of anilines is 1. The average Bonchev–Trinajstić information content (AvgIpc) is 2.98. The number of hydrogen-bond acceptors (Lipinski definition) is 4. The van der Waals surface area contributed by atoms with Crippen LogP contribution in [0.4, 0.5) is 5.69 Å². The Labute approximate surface area is 160 Å². The van der Waals surface area contributed by atoms with Gasteiger partial charge < -0.3 is 5.32 Å². The van der Waals surface area contributed by atoms with Crippen molar-refractivity contribution < 1.29 is 9.59 Å². The van der Waals surface area contributed by atoms with Gasteiger partial charge in [0.2, 0.25) is 5.91 Å². The normalized spacial score (nSPS) is 21.8. The van der Waals surface area contributed by atoms with Crippen LogP contribution < -0.4 is 10.2 Å². The maximum absolute atomic E-state index is 12.7. The first-order valence-electron chi connectivity index (χ1n) is 9.65. The molecule has 0 saturated carbocycles. The van der Waals surface area contributed by atoms with E-state index in [0.717, 1.165) is 32.5 Å². The Morgan fingerprint density at radius 3 is 2.19 bits per heavy atom. The number of nitrogens with zero attached hydrogens (tertiary/aromatic N) is 2. The monoisotopic (exact) mass is 363 g/mol. The molecule has 5 heteroatoms. The summed E-state index contributed by atoms with van der Waals surface area (Å²) >= 11 is 0. The van der Waals surface area contributed by atoms with Crippen LogP contribution in [0.5, 0.6) is 0 Å². The fraction of sp³-hybridized carbons (Fsp3) is 0.364. The van der Waals surface area contributed by atoms with E-state index in [4.69, 9.17) is 0 Å². The van der Waals surface area contributed by atoms with E-state index in [9.17, 15) is 9.59 Å². The molecule has 0 aromatic heterocycles. The summed E-state index contributed by atoms with van der Waals surface area (Å²) in [7, 11) is 0. The van der Waals surface area contributed by atoms with Crippen LogP contribution in [0.25, 0.3) is 0 Å². The zero-order valence-corrected chi connectivity index (χ0v) is 15.4. The number of imide groups is 1. The largest absolute Gasteiger partial charge is 0.303 e. The van der Waals surface area contributed by atoms with E-state index >= 15 is 0 Å². The maximum atomic E-state index is 12.7. The Bertz CT molecular complexity index is 786. The van der Waals surface area contributed by atoms with Crippen LogP contribution in [0.2, 0.25) is 0 Å². The highest BCUT2D eigenvalue weighted by Crippen LogP contribution is 2.24. The topological polar surface area (TPSA) is 52.7 Å². The van der Waals surface area contributed by atoms with E-state index in [1.54, 1.807) is 12.1 Å². The van der Waals surface area contributed by atoms with Gasteiger partial charge in [-0.25, -0.2) is 4.90 Å². The molecule has 2 aliphatic heterocycles. The molecule has 0 spiro atoms. The van der Waals surface area contributed by atoms with Crippen molar-refractivity contribution in [2.75, 3.05) is 18.0 Å². The van der Waals surface area contributed by atoms with Gasteiger partial charge in [0.05, 0.1) is 18.2 Å². The number of para-hydroxylation sites is 1. The number of benzene rings is 2. The van der Waals surface area contributed by atoms with Crippen molar-refractivity contribution in [3.63, 3.8) is 0 Å². The van der Waals surface area contributed by atoms with Gasteiger partial charge in [-0.1, -0.05) is 48.5 Å². The lowest BCUT2D eigenvalue weighted by Crippen LogP contribution is -2.48. The molecule has 0 aliphatic carbocycles. The van der Waals surface area contributed by atoms with E-state index in [1.807, 2.05) is 24.3 Å². The van der Waals surface area contributed by atoms with Crippen LogP contribution in [-0.4, -0.2) is 41.9 Å². The van der Waals surface area contributed by atoms with Crippen LogP contribution in [0.3, 0.4) is 0 Å². The molecule has 2 aromatic carbocycles. The number of carbonyl (C=O) groups is 2. The molecule has 2 aromatic rings. The van der Waals surface area contributed by atoms with Gasteiger partial charge in [-0.05, 0) is 43.6 Å². The maximum Gasteiger partial charge on any atom is 0.251 e. The molecule has 5 nitrogen and oxygen atoms in total. The SMILES string of the molecule is O=C1C[C@H](NC2CCN(Cc3ccccc3)CC2)C(=O)N1c1ccccc1. The van der Waals surface area contributed by atoms with Gasteiger partial charge in [0, 0.05) is 12.6 Å².